The Kier molecular flexibility index (Phi) is 3.62. The first-order valence-corrected chi connectivity index (χ1v) is 9.17. The molecule has 5 rings (SSSR count). The fourth-order valence-electron chi connectivity index (χ4n) is 4.34. The number of nitrogens with one attached hydrogen (secondary N) is 2. The highest BCUT2D eigenvalue weighted by atomic mass is 16.5. The predicted octanol–water partition coefficient (Wildman–Crippen LogP) is 2.71. The fourth-order valence-corrected chi connectivity index (χ4v) is 4.34. The van der Waals surface area contributed by atoms with Crippen LogP contribution in [-0.4, -0.2) is 41.8 Å². The second-order valence-electron chi connectivity index (χ2n) is 7.31. The third-order valence-electron chi connectivity index (χ3n) is 5.63. The van der Waals surface area contributed by atoms with Crippen LogP contribution in [0.2, 0.25) is 0 Å². The number of rotatable bonds is 2. The molecule has 0 amide bonds. The van der Waals surface area contributed by atoms with E-state index >= 15 is 0 Å². The monoisotopic (exact) mass is 363 g/mol. The van der Waals surface area contributed by atoms with E-state index in [0.29, 0.717) is 13.0 Å². The summed E-state index contributed by atoms with van der Waals surface area (Å²) in [5.74, 6) is -0.00588. The summed E-state index contributed by atoms with van der Waals surface area (Å²) < 4.78 is 6.31. The highest BCUT2D eigenvalue weighted by Crippen LogP contribution is 2.39. The first-order chi connectivity index (χ1) is 13.1. The molecule has 1 aromatic heterocycles. The van der Waals surface area contributed by atoms with Crippen molar-refractivity contribution in [2.24, 2.45) is 0 Å². The Morgan fingerprint density at radius 2 is 1.96 bits per heavy atom. The SMILES string of the molecule is CN1CC(C2NC(C(=O)O)Cc3c2[nH]c2ccccc32)Oc2ccccc21. The molecule has 3 unspecified atom stereocenters. The largest absolute Gasteiger partial charge is 0.484 e. The van der Waals surface area contributed by atoms with E-state index in [2.05, 4.69) is 21.3 Å². The maximum atomic E-state index is 11.8. The molecule has 0 bridgehead atoms. The van der Waals surface area contributed by atoms with E-state index in [1.54, 1.807) is 0 Å². The number of carbonyl (C=O) groups is 1. The van der Waals surface area contributed by atoms with Gasteiger partial charge in [-0.15, -0.1) is 0 Å². The number of aromatic amines is 1. The van der Waals surface area contributed by atoms with Crippen molar-refractivity contribution in [3.63, 3.8) is 0 Å². The molecule has 0 saturated carbocycles. The number of aromatic nitrogens is 1. The van der Waals surface area contributed by atoms with Crippen molar-refractivity contribution < 1.29 is 14.6 Å². The fraction of sp³-hybridized carbons (Fsp3) is 0.286. The Morgan fingerprint density at radius 1 is 1.19 bits per heavy atom. The van der Waals surface area contributed by atoms with E-state index in [1.807, 2.05) is 49.5 Å². The van der Waals surface area contributed by atoms with Crippen molar-refractivity contribution >= 4 is 22.6 Å². The minimum Gasteiger partial charge on any atom is -0.484 e. The van der Waals surface area contributed by atoms with Gasteiger partial charge < -0.3 is 19.7 Å². The van der Waals surface area contributed by atoms with Gasteiger partial charge in [0.2, 0.25) is 0 Å². The van der Waals surface area contributed by atoms with E-state index in [1.165, 1.54) is 0 Å². The van der Waals surface area contributed by atoms with Gasteiger partial charge in [0.05, 0.1) is 18.3 Å². The Morgan fingerprint density at radius 3 is 2.81 bits per heavy atom. The third-order valence-corrected chi connectivity index (χ3v) is 5.63. The highest BCUT2D eigenvalue weighted by Gasteiger charge is 2.40. The van der Waals surface area contributed by atoms with Gasteiger partial charge in [-0.05, 0) is 23.8 Å². The molecule has 0 saturated heterocycles. The number of benzene rings is 2. The van der Waals surface area contributed by atoms with Crippen LogP contribution in [0.1, 0.15) is 17.3 Å². The lowest BCUT2D eigenvalue weighted by Gasteiger charge is -2.40. The molecular weight excluding hydrogens is 342 g/mol. The molecule has 0 aliphatic carbocycles. The van der Waals surface area contributed by atoms with Crippen LogP contribution in [0.3, 0.4) is 0 Å². The van der Waals surface area contributed by atoms with Gasteiger partial charge in [0, 0.05) is 30.1 Å². The van der Waals surface area contributed by atoms with Crippen molar-refractivity contribution in [2.75, 3.05) is 18.5 Å². The molecule has 0 spiro atoms. The van der Waals surface area contributed by atoms with Crippen LogP contribution in [-0.2, 0) is 11.2 Å². The predicted molar refractivity (Wildman–Crippen MR) is 103 cm³/mol. The van der Waals surface area contributed by atoms with Crippen LogP contribution in [0.25, 0.3) is 10.9 Å². The molecule has 3 heterocycles. The summed E-state index contributed by atoms with van der Waals surface area (Å²) in [6, 6.07) is 15.2. The van der Waals surface area contributed by atoms with Gasteiger partial charge in [-0.1, -0.05) is 30.3 Å². The number of para-hydroxylation sites is 3. The van der Waals surface area contributed by atoms with Crippen LogP contribution in [0, 0.1) is 0 Å². The Balaban J connectivity index is 1.59. The van der Waals surface area contributed by atoms with Gasteiger partial charge >= 0.3 is 5.97 Å². The smallest absolute Gasteiger partial charge is 0.321 e. The maximum Gasteiger partial charge on any atom is 0.321 e. The number of fused-ring (bicyclic) bond motifs is 4. The first-order valence-electron chi connectivity index (χ1n) is 9.17. The van der Waals surface area contributed by atoms with Crippen LogP contribution in [0.4, 0.5) is 5.69 Å². The average Bonchev–Trinajstić information content (AvgIpc) is 3.06. The van der Waals surface area contributed by atoms with Crippen molar-refractivity contribution in [3.05, 3.63) is 59.8 Å². The number of hydrogen-bond acceptors (Lipinski definition) is 4. The minimum absolute atomic E-state index is 0.195. The highest BCUT2D eigenvalue weighted by molar-refractivity contribution is 5.86. The average molecular weight is 363 g/mol. The molecule has 3 aromatic rings. The van der Waals surface area contributed by atoms with Crippen LogP contribution in [0.5, 0.6) is 5.75 Å². The zero-order chi connectivity index (χ0) is 18.5. The van der Waals surface area contributed by atoms with E-state index in [0.717, 1.165) is 33.6 Å². The second kappa shape index (κ2) is 6.03. The lowest BCUT2D eigenvalue weighted by Crippen LogP contribution is -2.53. The van der Waals surface area contributed by atoms with Gasteiger partial charge in [-0.2, -0.15) is 0 Å². The van der Waals surface area contributed by atoms with Crippen LogP contribution >= 0.6 is 0 Å². The molecule has 6 heteroatoms. The van der Waals surface area contributed by atoms with Crippen LogP contribution in [0.15, 0.2) is 48.5 Å². The number of carboxylic acid groups (broad SMARTS) is 1. The van der Waals surface area contributed by atoms with Gasteiger partial charge in [-0.25, -0.2) is 0 Å². The topological polar surface area (TPSA) is 77.6 Å². The molecular formula is C21H21N3O3. The van der Waals surface area contributed by atoms with E-state index in [-0.39, 0.29) is 12.1 Å². The van der Waals surface area contributed by atoms with Crippen molar-refractivity contribution in [1.82, 2.24) is 10.3 Å². The normalized spacial score (nSPS) is 24.2. The summed E-state index contributed by atoms with van der Waals surface area (Å²) in [4.78, 5) is 17.5. The zero-order valence-corrected chi connectivity index (χ0v) is 15.0. The molecule has 6 nitrogen and oxygen atoms in total. The van der Waals surface area contributed by atoms with E-state index in [9.17, 15) is 9.90 Å². The first kappa shape index (κ1) is 16.2. The standard InChI is InChI=1S/C21H21N3O3/c1-24-11-18(27-17-9-5-4-8-16(17)24)20-19-13(10-15(23-20)21(25)26)12-6-2-3-7-14(12)22-19/h2-9,15,18,20,22-23H,10-11H2,1H3,(H,25,26). The molecule has 0 radical (unpaired) electrons. The van der Waals surface area contributed by atoms with Crippen LogP contribution < -0.4 is 15.0 Å². The lowest BCUT2D eigenvalue weighted by molar-refractivity contribution is -0.140. The maximum absolute atomic E-state index is 11.8. The van der Waals surface area contributed by atoms with Crippen molar-refractivity contribution in [1.29, 1.82) is 0 Å². The molecule has 0 fully saturated rings. The Labute approximate surface area is 156 Å². The minimum atomic E-state index is -0.833. The summed E-state index contributed by atoms with van der Waals surface area (Å²) in [7, 11) is 2.04. The number of anilines is 1. The summed E-state index contributed by atoms with van der Waals surface area (Å²) in [5, 5.41) is 14.1. The van der Waals surface area contributed by atoms with Gasteiger partial charge in [0.15, 0.2) is 0 Å². The van der Waals surface area contributed by atoms with Gasteiger partial charge in [0.1, 0.15) is 17.9 Å². The van der Waals surface area contributed by atoms with Gasteiger partial charge in [0.25, 0.3) is 0 Å². The number of H-pyrrole nitrogens is 1. The Bertz CT molecular complexity index is 1030. The van der Waals surface area contributed by atoms with Gasteiger partial charge in [-0.3, -0.25) is 10.1 Å². The molecule has 2 aromatic carbocycles. The summed E-state index contributed by atoms with van der Waals surface area (Å²) in [6.07, 6.45) is 0.267. The molecule has 138 valence electrons. The van der Waals surface area contributed by atoms with E-state index in [4.69, 9.17) is 4.74 Å². The van der Waals surface area contributed by atoms with Crippen molar-refractivity contribution in [2.45, 2.75) is 24.6 Å². The number of aliphatic carboxylic acids is 1. The second-order valence-corrected chi connectivity index (χ2v) is 7.31. The lowest BCUT2D eigenvalue weighted by atomic mass is 9.90. The quantitative estimate of drug-likeness (QED) is 0.653. The number of ether oxygens (including phenoxy) is 1. The van der Waals surface area contributed by atoms with E-state index < -0.39 is 12.0 Å². The number of hydrogen-bond donors (Lipinski definition) is 3. The molecule has 2 aliphatic heterocycles. The zero-order valence-electron chi connectivity index (χ0n) is 15.0. The van der Waals surface area contributed by atoms with Crippen molar-refractivity contribution in [3.8, 4) is 5.75 Å². The molecule has 27 heavy (non-hydrogen) atoms. The molecule has 3 atom stereocenters. The Hall–Kier alpha value is -2.99. The number of carboxylic acids is 1. The third kappa shape index (κ3) is 2.56. The molecule has 3 N–H and O–H groups in total. The summed E-state index contributed by atoms with van der Waals surface area (Å²) in [6.45, 7) is 0.676. The number of likely N-dealkylation sites (N-methyl/N-ethyl adjacent to an activating group) is 1. The number of nitrogens with zero attached hydrogens (tertiary/aromatic N) is 1. The summed E-state index contributed by atoms with van der Waals surface area (Å²) in [5.41, 5.74) is 4.19. The molecule has 2 aliphatic rings. The summed E-state index contributed by atoms with van der Waals surface area (Å²) >= 11 is 0.